The third-order valence-electron chi connectivity index (χ3n) is 5.75. The van der Waals surface area contributed by atoms with Crippen LogP contribution in [0.2, 0.25) is 0 Å². The Morgan fingerprint density at radius 2 is 1.86 bits per heavy atom. The minimum absolute atomic E-state index is 0.0345. The van der Waals surface area contributed by atoms with E-state index in [2.05, 4.69) is 50.3 Å². The number of aromatic nitrogens is 3. The zero-order chi connectivity index (χ0) is 25.6. The second-order valence-electron chi connectivity index (χ2n) is 8.51. The summed E-state index contributed by atoms with van der Waals surface area (Å²) in [6, 6.07) is 8.24. The van der Waals surface area contributed by atoms with Crippen LogP contribution in [-0.4, -0.2) is 72.9 Å². The lowest BCUT2D eigenvalue weighted by molar-refractivity contribution is 0.0340. The number of nitrogens with zero attached hydrogens (tertiary/aromatic N) is 3. The van der Waals surface area contributed by atoms with Crippen molar-refractivity contribution >= 4 is 22.8 Å². The number of rotatable bonds is 18. The summed E-state index contributed by atoms with van der Waals surface area (Å²) in [5, 5.41) is 15.5. The molecule has 0 radical (unpaired) electrons. The Balaban J connectivity index is 1.59. The molecule has 3 rings (SSSR count). The number of anilines is 2. The average Bonchev–Trinajstić information content (AvgIpc) is 3.28. The number of ether oxygens (including phenoxy) is 3. The Morgan fingerprint density at radius 3 is 2.64 bits per heavy atom. The Morgan fingerprint density at radius 1 is 1.03 bits per heavy atom. The fourth-order valence-electron chi connectivity index (χ4n) is 3.94. The second-order valence-corrected chi connectivity index (χ2v) is 8.51. The van der Waals surface area contributed by atoms with Crippen molar-refractivity contribution in [3.8, 4) is 5.75 Å². The predicted octanol–water partition coefficient (Wildman–Crippen LogP) is 2.79. The molecular formula is C26H40N6O4. The summed E-state index contributed by atoms with van der Waals surface area (Å²) in [4.78, 5) is 8.88. The first-order chi connectivity index (χ1) is 17.7. The molecule has 0 spiro atoms. The Kier molecular flexibility index (Phi) is 11.7. The topological polar surface area (TPSA) is 129 Å². The van der Waals surface area contributed by atoms with E-state index in [4.69, 9.17) is 25.1 Å². The van der Waals surface area contributed by atoms with E-state index in [0.29, 0.717) is 39.5 Å². The molecule has 0 saturated heterocycles. The predicted molar refractivity (Wildman–Crippen MR) is 142 cm³/mol. The summed E-state index contributed by atoms with van der Waals surface area (Å²) in [5.74, 6) is 1.87. The molecule has 0 aliphatic carbocycles. The number of aliphatic hydroxyl groups excluding tert-OH is 1. The van der Waals surface area contributed by atoms with Crippen LogP contribution in [0.25, 0.3) is 11.0 Å². The fraction of sp³-hybridized carbons (Fsp3) is 0.538. The van der Waals surface area contributed by atoms with Crippen LogP contribution in [0.4, 0.5) is 11.8 Å². The van der Waals surface area contributed by atoms with Crippen molar-refractivity contribution in [2.24, 2.45) is 0 Å². The van der Waals surface area contributed by atoms with Crippen LogP contribution in [0.1, 0.15) is 37.3 Å². The maximum absolute atomic E-state index is 8.67. The summed E-state index contributed by atoms with van der Waals surface area (Å²) in [6.07, 6.45) is 5.43. The van der Waals surface area contributed by atoms with Gasteiger partial charge in [-0.15, -0.1) is 0 Å². The van der Waals surface area contributed by atoms with Crippen LogP contribution >= 0.6 is 0 Å². The van der Waals surface area contributed by atoms with E-state index in [9.17, 15) is 0 Å². The van der Waals surface area contributed by atoms with E-state index in [1.54, 1.807) is 7.11 Å². The maximum atomic E-state index is 8.67. The molecule has 0 atom stereocenters. The number of unbranched alkanes of at least 4 members (excludes halogenated alkanes) is 2. The van der Waals surface area contributed by atoms with E-state index in [1.807, 2.05) is 12.3 Å². The van der Waals surface area contributed by atoms with Gasteiger partial charge in [0.1, 0.15) is 11.3 Å². The molecule has 10 heteroatoms. The number of hydrogen-bond donors (Lipinski definition) is 4. The van der Waals surface area contributed by atoms with Gasteiger partial charge >= 0.3 is 0 Å². The molecule has 0 bridgehead atoms. The summed E-state index contributed by atoms with van der Waals surface area (Å²) < 4.78 is 18.5. The van der Waals surface area contributed by atoms with Crippen molar-refractivity contribution < 1.29 is 19.3 Å². The van der Waals surface area contributed by atoms with Crippen molar-refractivity contribution in [2.45, 2.75) is 39.3 Å². The summed E-state index contributed by atoms with van der Waals surface area (Å²) in [5.41, 5.74) is 9.91. The summed E-state index contributed by atoms with van der Waals surface area (Å²) in [6.45, 7) is 7.10. The normalized spacial score (nSPS) is 11.3. The highest BCUT2D eigenvalue weighted by Gasteiger charge is 2.13. The van der Waals surface area contributed by atoms with Crippen LogP contribution in [0.5, 0.6) is 5.75 Å². The van der Waals surface area contributed by atoms with Crippen molar-refractivity contribution in [1.82, 2.24) is 19.9 Å². The Hall–Kier alpha value is -2.92. The van der Waals surface area contributed by atoms with Crippen LogP contribution in [0, 0.1) is 0 Å². The number of nitrogens with one attached hydrogen (secondary N) is 2. The van der Waals surface area contributed by atoms with Crippen LogP contribution in [-0.2, 0) is 22.6 Å². The number of nitrogen functional groups attached to an aromatic ring is 1. The van der Waals surface area contributed by atoms with Crippen LogP contribution in [0.15, 0.2) is 30.5 Å². The molecule has 10 nitrogen and oxygen atoms in total. The Bertz CT molecular complexity index is 1060. The van der Waals surface area contributed by atoms with E-state index >= 15 is 0 Å². The van der Waals surface area contributed by atoms with Gasteiger partial charge in [0.05, 0.1) is 52.2 Å². The van der Waals surface area contributed by atoms with E-state index in [-0.39, 0.29) is 12.6 Å². The molecule has 0 amide bonds. The number of fused-ring (bicyclic) bond motifs is 1. The van der Waals surface area contributed by atoms with Crippen LogP contribution in [0.3, 0.4) is 0 Å². The van der Waals surface area contributed by atoms with Gasteiger partial charge in [0.15, 0.2) is 5.82 Å². The van der Waals surface area contributed by atoms with Gasteiger partial charge in [0, 0.05) is 31.4 Å². The van der Waals surface area contributed by atoms with E-state index in [0.717, 1.165) is 53.2 Å². The van der Waals surface area contributed by atoms with Crippen molar-refractivity contribution in [3.05, 3.63) is 41.6 Å². The highest BCUT2D eigenvalue weighted by molar-refractivity contribution is 5.87. The average molecular weight is 501 g/mol. The first-order valence-electron chi connectivity index (χ1n) is 12.6. The first kappa shape index (κ1) is 27.7. The zero-order valence-corrected chi connectivity index (χ0v) is 21.5. The third kappa shape index (κ3) is 8.34. The minimum Gasteiger partial charge on any atom is -0.496 e. The van der Waals surface area contributed by atoms with Gasteiger partial charge in [-0.05, 0) is 24.1 Å². The van der Waals surface area contributed by atoms with E-state index in [1.165, 1.54) is 12.8 Å². The molecule has 0 saturated carbocycles. The number of methoxy groups -OCH3 is 1. The Labute approximate surface area is 213 Å². The summed E-state index contributed by atoms with van der Waals surface area (Å²) in [7, 11) is 1.70. The maximum Gasteiger partial charge on any atom is 0.222 e. The molecule has 0 aliphatic heterocycles. The second kappa shape index (κ2) is 15.2. The van der Waals surface area contributed by atoms with E-state index < -0.39 is 0 Å². The number of nitrogens with two attached hydrogens (primary N) is 1. The quantitative estimate of drug-likeness (QED) is 0.195. The number of benzene rings is 1. The molecule has 1 aromatic carbocycles. The highest BCUT2D eigenvalue weighted by atomic mass is 16.5. The standard InChI is InChI=1S/C26H40N6O4/c1-3-4-5-9-29-25-24-22(30-26(27)31-25)8-11-32(24)19-21-7-6-20(17-23(21)34-2)18-28-10-13-35-15-16-36-14-12-33/h6-8,11,17,28,33H,3-5,9-10,12-16,18-19H2,1-2H3,(H3,27,29,30,31). The lowest BCUT2D eigenvalue weighted by Crippen LogP contribution is -2.20. The van der Waals surface area contributed by atoms with Crippen molar-refractivity contribution in [3.63, 3.8) is 0 Å². The smallest absolute Gasteiger partial charge is 0.222 e. The molecule has 0 unspecified atom stereocenters. The monoisotopic (exact) mass is 500 g/mol. The first-order valence-corrected chi connectivity index (χ1v) is 12.6. The lowest BCUT2D eigenvalue weighted by Gasteiger charge is -2.14. The highest BCUT2D eigenvalue weighted by Crippen LogP contribution is 2.27. The van der Waals surface area contributed by atoms with Gasteiger partial charge in [-0.25, -0.2) is 4.98 Å². The molecule has 0 fully saturated rings. The van der Waals surface area contributed by atoms with Crippen molar-refractivity contribution in [1.29, 1.82) is 0 Å². The van der Waals surface area contributed by atoms with Gasteiger partial charge in [0.2, 0.25) is 5.95 Å². The van der Waals surface area contributed by atoms with Gasteiger partial charge in [-0.1, -0.05) is 31.9 Å². The molecule has 2 aromatic heterocycles. The number of hydrogen-bond acceptors (Lipinski definition) is 9. The number of aliphatic hydroxyl groups is 1. The molecule has 0 aliphatic rings. The molecule has 198 valence electrons. The molecule has 5 N–H and O–H groups in total. The lowest BCUT2D eigenvalue weighted by atomic mass is 10.1. The zero-order valence-electron chi connectivity index (χ0n) is 21.5. The largest absolute Gasteiger partial charge is 0.496 e. The molecule has 36 heavy (non-hydrogen) atoms. The SMILES string of the molecule is CCCCCNc1nc(N)nc2ccn(Cc3ccc(CNCCOCCOCCO)cc3OC)c12. The van der Waals surface area contributed by atoms with Gasteiger partial charge in [-0.2, -0.15) is 4.98 Å². The minimum atomic E-state index is 0.0345. The molecular weight excluding hydrogens is 460 g/mol. The van der Waals surface area contributed by atoms with Gasteiger partial charge < -0.3 is 40.3 Å². The third-order valence-corrected chi connectivity index (χ3v) is 5.75. The fourth-order valence-corrected chi connectivity index (χ4v) is 3.94. The molecule has 2 heterocycles. The van der Waals surface area contributed by atoms with Crippen molar-refractivity contribution in [2.75, 3.05) is 64.3 Å². The summed E-state index contributed by atoms with van der Waals surface area (Å²) >= 11 is 0. The molecule has 3 aromatic rings. The van der Waals surface area contributed by atoms with Crippen LogP contribution < -0.4 is 21.1 Å². The van der Waals surface area contributed by atoms with Gasteiger partial charge in [-0.3, -0.25) is 0 Å². The van der Waals surface area contributed by atoms with Gasteiger partial charge in [0.25, 0.3) is 0 Å².